The van der Waals surface area contributed by atoms with Gasteiger partial charge in [-0.15, -0.1) is 8.78 Å². The number of benzene rings is 4. The summed E-state index contributed by atoms with van der Waals surface area (Å²) in [6.45, 7) is 8.01. The summed E-state index contributed by atoms with van der Waals surface area (Å²) in [5, 5.41) is 2.86. The first-order valence-corrected chi connectivity index (χ1v) is 14.9. The maximum Gasteiger partial charge on any atom is 0.586 e. The summed E-state index contributed by atoms with van der Waals surface area (Å²) in [6, 6.07) is 19.2. The van der Waals surface area contributed by atoms with E-state index in [-0.39, 0.29) is 17.2 Å². The third kappa shape index (κ3) is 5.31. The van der Waals surface area contributed by atoms with Gasteiger partial charge in [-0.05, 0) is 134 Å². The zero-order valence-electron chi connectivity index (χ0n) is 22.9. The van der Waals surface area contributed by atoms with Crippen molar-refractivity contribution in [3.8, 4) is 34.5 Å². The summed E-state index contributed by atoms with van der Waals surface area (Å²) >= 11 is 2.08. The van der Waals surface area contributed by atoms with E-state index in [1.165, 1.54) is 0 Å². The van der Waals surface area contributed by atoms with Crippen LogP contribution in [-0.4, -0.2) is 20.5 Å². The van der Waals surface area contributed by atoms with Crippen molar-refractivity contribution in [1.29, 1.82) is 0 Å². The van der Waals surface area contributed by atoms with Gasteiger partial charge in [0.2, 0.25) is 5.75 Å². The fraction of sp³-hybridized carbons (Fsp3) is 0.226. The smallest absolute Gasteiger partial charge is 0.496 e. The molecule has 0 amide bonds. The lowest BCUT2D eigenvalue weighted by Gasteiger charge is -2.25. The SMILES string of the molecule is COc1c(C)cc(P(c2cc(C)c(OC)c(C)c2)c2cc(Oc3ccccc3)c3c(c2I)OC(F)(F)O3)cc1C. The van der Waals surface area contributed by atoms with E-state index in [0.717, 1.165) is 49.7 Å². The molecule has 0 fully saturated rings. The van der Waals surface area contributed by atoms with Gasteiger partial charge in [-0.2, -0.15) is 0 Å². The molecule has 1 heterocycles. The van der Waals surface area contributed by atoms with Gasteiger partial charge in [-0.1, -0.05) is 18.2 Å². The van der Waals surface area contributed by atoms with Crippen LogP contribution >= 0.6 is 30.5 Å². The molecule has 0 spiro atoms. The van der Waals surface area contributed by atoms with Crippen molar-refractivity contribution >= 4 is 46.4 Å². The number of fused-ring (bicyclic) bond motifs is 1. The van der Waals surface area contributed by atoms with Crippen LogP contribution in [0, 0.1) is 31.3 Å². The molecule has 0 atom stereocenters. The molecule has 0 saturated carbocycles. The average Bonchev–Trinajstić information content (AvgIpc) is 3.23. The Hall–Kier alpha value is -3.10. The fourth-order valence-corrected chi connectivity index (χ4v) is 8.99. The van der Waals surface area contributed by atoms with Crippen molar-refractivity contribution in [2.45, 2.75) is 34.0 Å². The minimum Gasteiger partial charge on any atom is -0.496 e. The van der Waals surface area contributed by atoms with Crippen LogP contribution in [0.15, 0.2) is 60.7 Å². The molecule has 0 unspecified atom stereocenters. The van der Waals surface area contributed by atoms with Crippen LogP contribution in [0.3, 0.4) is 0 Å². The van der Waals surface area contributed by atoms with Gasteiger partial charge in [-0.25, -0.2) is 0 Å². The molecular formula is C31H28F2IO5P. The molecule has 0 aliphatic carbocycles. The molecule has 5 nitrogen and oxygen atoms in total. The Balaban J connectivity index is 1.79. The highest BCUT2D eigenvalue weighted by Crippen LogP contribution is 2.53. The highest BCUT2D eigenvalue weighted by Gasteiger charge is 2.47. The van der Waals surface area contributed by atoms with E-state index >= 15 is 0 Å². The molecule has 0 radical (unpaired) electrons. The Labute approximate surface area is 247 Å². The summed E-state index contributed by atoms with van der Waals surface area (Å²) in [6.07, 6.45) is -3.81. The molecule has 1 aliphatic heterocycles. The third-order valence-corrected chi connectivity index (χ3v) is 10.5. The minimum absolute atomic E-state index is 0.0366. The van der Waals surface area contributed by atoms with E-state index in [2.05, 4.69) is 46.9 Å². The van der Waals surface area contributed by atoms with E-state index in [9.17, 15) is 8.78 Å². The summed E-state index contributed by atoms with van der Waals surface area (Å²) in [5.74, 6) is 2.12. The van der Waals surface area contributed by atoms with Crippen molar-refractivity contribution in [2.75, 3.05) is 14.2 Å². The molecule has 9 heteroatoms. The Morgan fingerprint density at radius 3 is 1.68 bits per heavy atom. The van der Waals surface area contributed by atoms with Crippen molar-refractivity contribution in [2.24, 2.45) is 0 Å². The van der Waals surface area contributed by atoms with Gasteiger partial charge in [-0.3, -0.25) is 0 Å². The van der Waals surface area contributed by atoms with E-state index in [4.69, 9.17) is 23.7 Å². The normalized spacial score (nSPS) is 13.4. The highest BCUT2D eigenvalue weighted by molar-refractivity contribution is 14.1. The van der Waals surface area contributed by atoms with Gasteiger partial charge < -0.3 is 23.7 Å². The Kier molecular flexibility index (Phi) is 7.86. The number of rotatable bonds is 7. The first-order valence-electron chi connectivity index (χ1n) is 12.5. The number of aryl methyl sites for hydroxylation is 4. The Morgan fingerprint density at radius 2 is 1.20 bits per heavy atom. The molecule has 1 aliphatic rings. The standard InChI is InChI=1S/C31H28F2IO5P/c1-17-12-22(13-18(2)27(17)35-5)40(23-14-19(3)28(36-6)20(4)15-23)25-16-24(37-21-10-8-7-9-11-21)29-30(26(25)34)39-31(32,33)38-29/h7-16H,1-6H3. The van der Waals surface area contributed by atoms with Crippen LogP contribution < -0.4 is 39.6 Å². The first kappa shape index (κ1) is 28.4. The molecule has 40 heavy (non-hydrogen) atoms. The molecule has 0 bridgehead atoms. The number of hydrogen-bond acceptors (Lipinski definition) is 5. The number of methoxy groups -OCH3 is 2. The number of ether oxygens (including phenoxy) is 5. The van der Waals surface area contributed by atoms with Crippen LogP contribution in [0.25, 0.3) is 0 Å². The second-order valence-electron chi connectivity index (χ2n) is 9.51. The molecule has 0 N–H and O–H groups in total. The molecule has 208 valence electrons. The van der Waals surface area contributed by atoms with Crippen molar-refractivity contribution in [3.63, 3.8) is 0 Å². The molecule has 0 aromatic heterocycles. The molecule has 5 rings (SSSR count). The predicted molar refractivity (Wildman–Crippen MR) is 163 cm³/mol. The van der Waals surface area contributed by atoms with Crippen molar-refractivity contribution < 1.29 is 32.5 Å². The zero-order valence-corrected chi connectivity index (χ0v) is 25.9. The van der Waals surface area contributed by atoms with Gasteiger partial charge in [0, 0.05) is 5.30 Å². The zero-order chi connectivity index (χ0) is 28.8. The minimum atomic E-state index is -3.81. The quantitative estimate of drug-likeness (QED) is 0.151. The maximum absolute atomic E-state index is 14.5. The van der Waals surface area contributed by atoms with E-state index in [1.54, 1.807) is 32.4 Å². The van der Waals surface area contributed by atoms with Gasteiger partial charge in [0.25, 0.3) is 0 Å². The van der Waals surface area contributed by atoms with Gasteiger partial charge >= 0.3 is 6.29 Å². The first-order chi connectivity index (χ1) is 19.0. The second kappa shape index (κ2) is 11.1. The topological polar surface area (TPSA) is 46.2 Å². The van der Waals surface area contributed by atoms with E-state index < -0.39 is 14.2 Å². The highest BCUT2D eigenvalue weighted by atomic mass is 127. The Morgan fingerprint density at radius 1 is 0.725 bits per heavy atom. The average molecular weight is 676 g/mol. The van der Waals surface area contributed by atoms with Crippen LogP contribution in [0.5, 0.6) is 34.5 Å². The van der Waals surface area contributed by atoms with Gasteiger partial charge in [0.1, 0.15) is 17.2 Å². The van der Waals surface area contributed by atoms with Crippen LogP contribution in [-0.2, 0) is 0 Å². The molecule has 4 aromatic rings. The summed E-state index contributed by atoms with van der Waals surface area (Å²) in [7, 11) is 2.04. The lowest BCUT2D eigenvalue weighted by molar-refractivity contribution is -0.287. The third-order valence-electron chi connectivity index (χ3n) is 6.59. The Bertz CT molecular complexity index is 1490. The largest absolute Gasteiger partial charge is 0.586 e. The lowest BCUT2D eigenvalue weighted by Crippen LogP contribution is -2.26. The lowest BCUT2D eigenvalue weighted by atomic mass is 10.1. The van der Waals surface area contributed by atoms with Crippen LogP contribution in [0.4, 0.5) is 8.78 Å². The summed E-state index contributed by atoms with van der Waals surface area (Å²) in [4.78, 5) is 0. The number of hydrogen-bond donors (Lipinski definition) is 0. The monoisotopic (exact) mass is 676 g/mol. The predicted octanol–water partition coefficient (Wildman–Crippen LogP) is 7.41. The molecular weight excluding hydrogens is 648 g/mol. The van der Waals surface area contributed by atoms with E-state index in [1.807, 2.05) is 45.9 Å². The van der Waals surface area contributed by atoms with Crippen LogP contribution in [0.1, 0.15) is 22.3 Å². The van der Waals surface area contributed by atoms with Crippen LogP contribution in [0.2, 0.25) is 0 Å². The fourth-order valence-electron chi connectivity index (χ4n) is 5.07. The summed E-state index contributed by atoms with van der Waals surface area (Å²) in [5.41, 5.74) is 3.93. The second-order valence-corrected chi connectivity index (χ2v) is 12.8. The van der Waals surface area contributed by atoms with Gasteiger partial charge in [0.05, 0.1) is 17.8 Å². The molecule has 0 saturated heterocycles. The maximum atomic E-state index is 14.5. The van der Waals surface area contributed by atoms with Gasteiger partial charge in [0.15, 0.2) is 11.5 Å². The summed E-state index contributed by atoms with van der Waals surface area (Å²) < 4.78 is 56.9. The van der Waals surface area contributed by atoms with Crippen molar-refractivity contribution in [3.05, 3.63) is 86.5 Å². The molecule has 4 aromatic carbocycles. The van der Waals surface area contributed by atoms with Crippen molar-refractivity contribution in [1.82, 2.24) is 0 Å². The van der Waals surface area contributed by atoms with E-state index in [0.29, 0.717) is 9.32 Å². The number of halogens is 3. The number of para-hydroxylation sites is 1. The number of alkyl halides is 2.